The zero-order chi connectivity index (χ0) is 17.0. The maximum atomic E-state index is 12.9. The van der Waals surface area contributed by atoms with E-state index < -0.39 is 6.03 Å². The first-order valence-electron chi connectivity index (χ1n) is 7.31. The molecule has 2 N–H and O–H groups in total. The van der Waals surface area contributed by atoms with E-state index in [4.69, 9.17) is 4.74 Å². The minimum atomic E-state index is -0.416. The van der Waals surface area contributed by atoms with Gasteiger partial charge in [0.05, 0.1) is 12.8 Å². The topological polar surface area (TPSA) is 50.4 Å². The molecule has 0 aliphatic heterocycles. The van der Waals surface area contributed by atoms with Crippen molar-refractivity contribution in [1.82, 2.24) is 0 Å². The predicted octanol–water partition coefficient (Wildman–Crippen LogP) is 4.78. The van der Waals surface area contributed by atoms with Crippen LogP contribution in [0, 0.1) is 5.82 Å². The van der Waals surface area contributed by atoms with Crippen LogP contribution in [0.4, 0.5) is 20.6 Å². The van der Waals surface area contributed by atoms with Gasteiger partial charge in [0.1, 0.15) is 11.6 Å². The number of halogens is 1. The van der Waals surface area contributed by atoms with Crippen molar-refractivity contribution in [2.24, 2.45) is 0 Å². The van der Waals surface area contributed by atoms with Crippen LogP contribution in [0.15, 0.2) is 42.5 Å². The summed E-state index contributed by atoms with van der Waals surface area (Å²) in [4.78, 5) is 12.1. The average Bonchev–Trinajstić information content (AvgIpc) is 2.48. The fourth-order valence-corrected chi connectivity index (χ4v) is 2.09. The van der Waals surface area contributed by atoms with Crippen molar-refractivity contribution in [2.45, 2.75) is 26.2 Å². The number of hydrogen-bond acceptors (Lipinski definition) is 2. The molecule has 0 saturated heterocycles. The largest absolute Gasteiger partial charge is 0.495 e. The van der Waals surface area contributed by atoms with Gasteiger partial charge in [0.15, 0.2) is 0 Å². The number of nitrogens with one attached hydrogen (secondary N) is 2. The normalized spacial score (nSPS) is 11.0. The zero-order valence-corrected chi connectivity index (χ0v) is 13.7. The van der Waals surface area contributed by atoms with Gasteiger partial charge >= 0.3 is 6.03 Å². The molecule has 0 heterocycles. The number of rotatable bonds is 3. The first kappa shape index (κ1) is 16.8. The van der Waals surface area contributed by atoms with Gasteiger partial charge in [-0.05, 0) is 47.4 Å². The van der Waals surface area contributed by atoms with E-state index in [0.29, 0.717) is 17.1 Å². The third kappa shape index (κ3) is 4.45. The summed E-state index contributed by atoms with van der Waals surface area (Å²) in [7, 11) is 1.55. The second-order valence-electron chi connectivity index (χ2n) is 6.25. The molecule has 0 radical (unpaired) electrons. The molecule has 2 amide bonds. The molecule has 0 aliphatic carbocycles. The quantitative estimate of drug-likeness (QED) is 0.856. The first-order valence-corrected chi connectivity index (χ1v) is 7.31. The number of carbonyl (C=O) groups is 1. The standard InChI is InChI=1S/C18H21FN2O2/c1-18(2,3)12-5-10-16(23-4)15(11-12)21-17(22)20-14-8-6-13(19)7-9-14/h5-11H,1-4H3,(H2,20,21,22). The minimum Gasteiger partial charge on any atom is -0.495 e. The Morgan fingerprint density at radius 3 is 2.26 bits per heavy atom. The van der Waals surface area contributed by atoms with Crippen molar-refractivity contribution in [2.75, 3.05) is 17.7 Å². The van der Waals surface area contributed by atoms with Crippen LogP contribution in [0.2, 0.25) is 0 Å². The molecule has 122 valence electrons. The Bertz CT molecular complexity index is 691. The monoisotopic (exact) mass is 316 g/mol. The van der Waals surface area contributed by atoms with Crippen LogP contribution in [0.1, 0.15) is 26.3 Å². The van der Waals surface area contributed by atoms with Crippen LogP contribution in [0.5, 0.6) is 5.75 Å². The van der Waals surface area contributed by atoms with Crippen molar-refractivity contribution in [1.29, 1.82) is 0 Å². The highest BCUT2D eigenvalue weighted by atomic mass is 19.1. The van der Waals surface area contributed by atoms with E-state index in [1.807, 2.05) is 18.2 Å². The summed E-state index contributed by atoms with van der Waals surface area (Å²) < 4.78 is 18.2. The van der Waals surface area contributed by atoms with Crippen LogP contribution >= 0.6 is 0 Å². The fraction of sp³-hybridized carbons (Fsp3) is 0.278. The van der Waals surface area contributed by atoms with E-state index in [-0.39, 0.29) is 11.2 Å². The van der Waals surface area contributed by atoms with E-state index in [1.54, 1.807) is 7.11 Å². The van der Waals surface area contributed by atoms with Gasteiger partial charge in [-0.1, -0.05) is 26.8 Å². The number of carbonyl (C=O) groups excluding carboxylic acids is 1. The summed E-state index contributed by atoms with van der Waals surface area (Å²) in [6.45, 7) is 6.28. The maximum absolute atomic E-state index is 12.9. The Hall–Kier alpha value is -2.56. The summed E-state index contributed by atoms with van der Waals surface area (Å²) in [6, 6.07) is 10.8. The van der Waals surface area contributed by atoms with Gasteiger partial charge in [-0.2, -0.15) is 0 Å². The third-order valence-electron chi connectivity index (χ3n) is 3.42. The molecule has 2 rings (SSSR count). The molecular formula is C18H21FN2O2. The molecule has 2 aromatic carbocycles. The number of urea groups is 1. The lowest BCUT2D eigenvalue weighted by Gasteiger charge is -2.21. The predicted molar refractivity (Wildman–Crippen MR) is 90.7 cm³/mol. The SMILES string of the molecule is COc1ccc(C(C)(C)C)cc1NC(=O)Nc1ccc(F)cc1. The minimum absolute atomic E-state index is 0.0455. The highest BCUT2D eigenvalue weighted by Crippen LogP contribution is 2.31. The van der Waals surface area contributed by atoms with Crippen LogP contribution in [-0.4, -0.2) is 13.1 Å². The number of ether oxygens (including phenoxy) is 1. The molecule has 23 heavy (non-hydrogen) atoms. The summed E-state index contributed by atoms with van der Waals surface area (Å²) in [5.74, 6) is 0.225. The highest BCUT2D eigenvalue weighted by Gasteiger charge is 2.17. The molecule has 0 aromatic heterocycles. The van der Waals surface area contributed by atoms with Crippen molar-refractivity contribution < 1.29 is 13.9 Å². The number of hydrogen-bond donors (Lipinski definition) is 2. The zero-order valence-electron chi connectivity index (χ0n) is 13.7. The maximum Gasteiger partial charge on any atom is 0.323 e. The Morgan fingerprint density at radius 2 is 1.70 bits per heavy atom. The van der Waals surface area contributed by atoms with E-state index in [1.165, 1.54) is 24.3 Å². The molecular weight excluding hydrogens is 295 g/mol. The molecule has 0 saturated carbocycles. The lowest BCUT2D eigenvalue weighted by atomic mass is 9.87. The van der Waals surface area contributed by atoms with E-state index >= 15 is 0 Å². The Morgan fingerprint density at radius 1 is 1.04 bits per heavy atom. The molecule has 2 aromatic rings. The fourth-order valence-electron chi connectivity index (χ4n) is 2.09. The van der Waals surface area contributed by atoms with Gasteiger partial charge in [-0.15, -0.1) is 0 Å². The summed E-state index contributed by atoms with van der Waals surface area (Å²) in [6.07, 6.45) is 0. The van der Waals surface area contributed by atoms with Crippen LogP contribution < -0.4 is 15.4 Å². The van der Waals surface area contributed by atoms with Gasteiger partial charge in [0, 0.05) is 5.69 Å². The number of anilines is 2. The van der Waals surface area contributed by atoms with Crippen molar-refractivity contribution in [3.05, 3.63) is 53.8 Å². The molecule has 0 bridgehead atoms. The van der Waals surface area contributed by atoms with Crippen molar-refractivity contribution >= 4 is 17.4 Å². The van der Waals surface area contributed by atoms with Gasteiger partial charge in [0.2, 0.25) is 0 Å². The van der Waals surface area contributed by atoms with E-state index in [0.717, 1.165) is 5.56 Å². The number of benzene rings is 2. The van der Waals surface area contributed by atoms with Gasteiger partial charge in [-0.25, -0.2) is 9.18 Å². The molecule has 0 aliphatic rings. The van der Waals surface area contributed by atoms with Crippen molar-refractivity contribution in [3.63, 3.8) is 0 Å². The average molecular weight is 316 g/mol. The number of methoxy groups -OCH3 is 1. The third-order valence-corrected chi connectivity index (χ3v) is 3.42. The second-order valence-corrected chi connectivity index (χ2v) is 6.25. The smallest absolute Gasteiger partial charge is 0.323 e. The molecule has 0 unspecified atom stereocenters. The summed E-state index contributed by atoms with van der Waals surface area (Å²) in [5.41, 5.74) is 2.13. The Kier molecular flexibility index (Phi) is 4.89. The molecule has 0 spiro atoms. The van der Waals surface area contributed by atoms with Gasteiger partial charge < -0.3 is 15.4 Å². The van der Waals surface area contributed by atoms with Crippen LogP contribution in [0.3, 0.4) is 0 Å². The second kappa shape index (κ2) is 6.69. The lowest BCUT2D eigenvalue weighted by molar-refractivity contribution is 0.262. The van der Waals surface area contributed by atoms with E-state index in [2.05, 4.69) is 31.4 Å². The van der Waals surface area contributed by atoms with Crippen LogP contribution in [0.25, 0.3) is 0 Å². The first-order chi connectivity index (χ1) is 10.8. The summed E-state index contributed by atoms with van der Waals surface area (Å²) in [5, 5.41) is 5.42. The molecule has 0 atom stereocenters. The van der Waals surface area contributed by atoms with E-state index in [9.17, 15) is 9.18 Å². The molecule has 5 heteroatoms. The van der Waals surface area contributed by atoms with Crippen molar-refractivity contribution in [3.8, 4) is 5.75 Å². The van der Waals surface area contributed by atoms with Gasteiger partial charge in [0.25, 0.3) is 0 Å². The lowest BCUT2D eigenvalue weighted by Crippen LogP contribution is -2.20. The van der Waals surface area contributed by atoms with Gasteiger partial charge in [-0.3, -0.25) is 0 Å². The molecule has 4 nitrogen and oxygen atoms in total. The van der Waals surface area contributed by atoms with Crippen LogP contribution in [-0.2, 0) is 5.41 Å². The Labute approximate surface area is 135 Å². The number of amides is 2. The summed E-state index contributed by atoms with van der Waals surface area (Å²) >= 11 is 0. The molecule has 0 fully saturated rings. The Balaban J connectivity index is 2.17. The highest BCUT2D eigenvalue weighted by molar-refractivity contribution is 6.00.